The van der Waals surface area contributed by atoms with E-state index in [9.17, 15) is 26.3 Å². The minimum atomic E-state index is -4.96. The smallest absolute Gasteiger partial charge is 0.347 e. The highest BCUT2D eigenvalue weighted by Gasteiger charge is 2.37. The first-order valence-electron chi connectivity index (χ1n) is 8.01. The summed E-state index contributed by atoms with van der Waals surface area (Å²) in [6, 6.07) is 1.15. The lowest BCUT2D eigenvalue weighted by atomic mass is 10.0. The molecule has 6 nitrogen and oxygen atoms in total. The Morgan fingerprint density at radius 3 is 2.32 bits per heavy atom. The van der Waals surface area contributed by atoms with E-state index >= 15 is 0 Å². The first-order chi connectivity index (χ1) is 13.1. The SMILES string of the molecule is FC(F)(F)c1cc(-c2nc(N3CCc4nc[nH]c4C3)no2)cc(C(F)(F)F)c1. The number of hydrogen-bond acceptors (Lipinski definition) is 5. The largest absolute Gasteiger partial charge is 0.416 e. The summed E-state index contributed by atoms with van der Waals surface area (Å²) in [6.07, 6.45) is -7.78. The third-order valence-electron chi connectivity index (χ3n) is 4.31. The van der Waals surface area contributed by atoms with Gasteiger partial charge < -0.3 is 14.4 Å². The monoisotopic (exact) mass is 403 g/mol. The molecule has 0 fully saturated rings. The number of imidazole rings is 1. The molecule has 1 aliphatic rings. The normalized spacial score (nSPS) is 15.0. The number of alkyl halides is 6. The van der Waals surface area contributed by atoms with Crippen LogP contribution in [-0.2, 0) is 25.3 Å². The number of aromatic nitrogens is 4. The van der Waals surface area contributed by atoms with Gasteiger partial charge in [-0.2, -0.15) is 31.3 Å². The van der Waals surface area contributed by atoms with E-state index < -0.39 is 34.9 Å². The minimum absolute atomic E-state index is 0.0468. The third-order valence-corrected chi connectivity index (χ3v) is 4.31. The fourth-order valence-corrected chi connectivity index (χ4v) is 2.92. The van der Waals surface area contributed by atoms with Gasteiger partial charge in [0.15, 0.2) is 0 Å². The van der Waals surface area contributed by atoms with Crippen LogP contribution in [0.15, 0.2) is 29.0 Å². The molecule has 0 spiro atoms. The van der Waals surface area contributed by atoms with E-state index in [1.807, 2.05) is 0 Å². The van der Waals surface area contributed by atoms with Crippen LogP contribution in [0.4, 0.5) is 32.3 Å². The number of rotatable bonds is 2. The number of nitrogens with zero attached hydrogens (tertiary/aromatic N) is 4. The second kappa shape index (κ2) is 6.24. The van der Waals surface area contributed by atoms with Crippen molar-refractivity contribution in [2.75, 3.05) is 11.4 Å². The number of halogens is 6. The van der Waals surface area contributed by atoms with Crippen molar-refractivity contribution in [1.29, 1.82) is 0 Å². The maximum atomic E-state index is 13.0. The Balaban J connectivity index is 1.68. The zero-order chi connectivity index (χ0) is 20.1. The van der Waals surface area contributed by atoms with E-state index in [1.165, 1.54) is 6.33 Å². The molecule has 148 valence electrons. The van der Waals surface area contributed by atoms with Crippen LogP contribution in [0, 0.1) is 0 Å². The Hall–Kier alpha value is -3.05. The highest BCUT2D eigenvalue weighted by molar-refractivity contribution is 5.58. The standard InChI is InChI=1S/C16H11F6N5O/c17-15(18,19)9-3-8(4-10(5-9)16(20,21)22)13-25-14(26-28-13)27-2-1-11-12(6-27)24-7-23-11/h3-5,7H,1-2,6H2,(H,23,24). The van der Waals surface area contributed by atoms with Crippen LogP contribution in [-0.4, -0.2) is 26.7 Å². The van der Waals surface area contributed by atoms with Gasteiger partial charge in [0.2, 0.25) is 0 Å². The van der Waals surface area contributed by atoms with Crippen LogP contribution in [0.1, 0.15) is 22.5 Å². The molecule has 1 aliphatic heterocycles. The van der Waals surface area contributed by atoms with E-state index in [2.05, 4.69) is 20.1 Å². The summed E-state index contributed by atoms with van der Waals surface area (Å²) in [5.74, 6) is -0.358. The van der Waals surface area contributed by atoms with Crippen molar-refractivity contribution in [2.24, 2.45) is 0 Å². The Labute approximate surface area is 153 Å². The van der Waals surface area contributed by atoms with Crippen molar-refractivity contribution in [2.45, 2.75) is 25.3 Å². The molecule has 0 unspecified atom stereocenters. The summed E-state index contributed by atoms with van der Waals surface area (Å²) >= 11 is 0. The zero-order valence-corrected chi connectivity index (χ0v) is 13.9. The van der Waals surface area contributed by atoms with Gasteiger partial charge in [0.25, 0.3) is 11.8 Å². The quantitative estimate of drug-likeness (QED) is 0.654. The molecule has 0 saturated heterocycles. The molecular weight excluding hydrogens is 392 g/mol. The van der Waals surface area contributed by atoms with E-state index in [4.69, 9.17) is 4.52 Å². The van der Waals surface area contributed by atoms with Gasteiger partial charge in [-0.05, 0) is 23.4 Å². The van der Waals surface area contributed by atoms with Gasteiger partial charge in [-0.15, -0.1) is 0 Å². The highest BCUT2D eigenvalue weighted by Crippen LogP contribution is 2.38. The average molecular weight is 403 g/mol. The van der Waals surface area contributed by atoms with Gasteiger partial charge in [-0.25, -0.2) is 4.98 Å². The fraction of sp³-hybridized carbons (Fsp3) is 0.312. The lowest BCUT2D eigenvalue weighted by Crippen LogP contribution is -2.31. The molecule has 0 radical (unpaired) electrons. The Morgan fingerprint density at radius 1 is 1.00 bits per heavy atom. The van der Waals surface area contributed by atoms with E-state index in [-0.39, 0.29) is 12.0 Å². The summed E-state index contributed by atoms with van der Waals surface area (Å²) < 4.78 is 83.0. The first kappa shape index (κ1) is 18.3. The second-order valence-electron chi connectivity index (χ2n) is 6.19. The van der Waals surface area contributed by atoms with Gasteiger partial charge in [-0.3, -0.25) is 0 Å². The van der Waals surface area contributed by atoms with Crippen LogP contribution < -0.4 is 4.90 Å². The van der Waals surface area contributed by atoms with Crippen LogP contribution in [0.2, 0.25) is 0 Å². The predicted molar refractivity (Wildman–Crippen MR) is 83.1 cm³/mol. The molecule has 0 amide bonds. The van der Waals surface area contributed by atoms with Gasteiger partial charge in [0.1, 0.15) is 0 Å². The Bertz CT molecular complexity index is 973. The molecule has 0 bridgehead atoms. The second-order valence-corrected chi connectivity index (χ2v) is 6.19. The molecule has 0 atom stereocenters. The average Bonchev–Trinajstić information content (AvgIpc) is 3.28. The van der Waals surface area contributed by atoms with Gasteiger partial charge in [0.05, 0.1) is 35.4 Å². The van der Waals surface area contributed by atoms with Gasteiger partial charge >= 0.3 is 12.4 Å². The van der Waals surface area contributed by atoms with Crippen molar-refractivity contribution in [1.82, 2.24) is 20.1 Å². The van der Waals surface area contributed by atoms with Crippen LogP contribution in [0.5, 0.6) is 0 Å². The first-order valence-corrected chi connectivity index (χ1v) is 8.01. The van der Waals surface area contributed by atoms with Crippen LogP contribution in [0.25, 0.3) is 11.5 Å². The molecule has 2 aromatic heterocycles. The van der Waals surface area contributed by atoms with Crippen molar-refractivity contribution < 1.29 is 30.9 Å². The third kappa shape index (κ3) is 3.41. The minimum Gasteiger partial charge on any atom is -0.347 e. The summed E-state index contributed by atoms with van der Waals surface area (Å²) in [5, 5.41) is 3.70. The molecule has 1 N–H and O–H groups in total. The summed E-state index contributed by atoms with van der Waals surface area (Å²) in [4.78, 5) is 12.8. The Kier molecular flexibility index (Phi) is 4.08. The molecule has 1 aromatic carbocycles. The van der Waals surface area contributed by atoms with Gasteiger partial charge in [-0.1, -0.05) is 0 Å². The number of benzene rings is 1. The maximum Gasteiger partial charge on any atom is 0.416 e. The predicted octanol–water partition coefficient (Wildman–Crippen LogP) is 4.06. The van der Waals surface area contributed by atoms with Gasteiger partial charge in [0, 0.05) is 18.5 Å². The number of aromatic amines is 1. The van der Waals surface area contributed by atoms with Crippen molar-refractivity contribution in [3.63, 3.8) is 0 Å². The number of hydrogen-bond donors (Lipinski definition) is 1. The summed E-state index contributed by atoms with van der Waals surface area (Å²) in [5.41, 5.74) is -1.64. The van der Waals surface area contributed by atoms with Crippen LogP contribution in [0.3, 0.4) is 0 Å². The summed E-state index contributed by atoms with van der Waals surface area (Å²) in [7, 11) is 0. The van der Waals surface area contributed by atoms with E-state index in [0.29, 0.717) is 31.6 Å². The highest BCUT2D eigenvalue weighted by atomic mass is 19.4. The zero-order valence-electron chi connectivity index (χ0n) is 13.9. The lowest BCUT2D eigenvalue weighted by molar-refractivity contribution is -0.143. The number of H-pyrrole nitrogens is 1. The molecule has 4 rings (SSSR count). The molecule has 0 saturated carbocycles. The van der Waals surface area contributed by atoms with Crippen LogP contribution >= 0.6 is 0 Å². The topological polar surface area (TPSA) is 70.8 Å². The molecule has 0 aliphatic carbocycles. The fourth-order valence-electron chi connectivity index (χ4n) is 2.92. The van der Waals surface area contributed by atoms with E-state index in [0.717, 1.165) is 11.4 Å². The number of anilines is 1. The number of fused-ring (bicyclic) bond motifs is 1. The van der Waals surface area contributed by atoms with Crippen molar-refractivity contribution in [3.8, 4) is 11.5 Å². The molecule has 28 heavy (non-hydrogen) atoms. The number of nitrogens with one attached hydrogen (secondary N) is 1. The Morgan fingerprint density at radius 2 is 1.68 bits per heavy atom. The molecule has 3 aromatic rings. The molecule has 3 heterocycles. The molecular formula is C16H11F6N5O. The molecule has 12 heteroatoms. The summed E-state index contributed by atoms with van der Waals surface area (Å²) in [6.45, 7) is 0.845. The van der Waals surface area contributed by atoms with Crippen molar-refractivity contribution >= 4 is 5.95 Å². The van der Waals surface area contributed by atoms with Crippen molar-refractivity contribution in [3.05, 3.63) is 47.0 Å². The van der Waals surface area contributed by atoms with E-state index in [1.54, 1.807) is 4.90 Å². The lowest BCUT2D eigenvalue weighted by Gasteiger charge is -2.24. The maximum absolute atomic E-state index is 13.0.